The largest absolute Gasteiger partial charge is 0.532 e. The molecule has 0 atom stereocenters. The molecule has 0 aliphatic heterocycles. The average molecular weight is 317 g/mol. The molecule has 0 rings (SSSR count). The zero-order valence-corrected chi connectivity index (χ0v) is 15.7. The minimum atomic E-state index is -2.67. The molecule has 0 amide bonds. The molecule has 0 heterocycles. The topological polar surface area (TPSA) is 27.7 Å². The van der Waals surface area contributed by atoms with Crippen molar-refractivity contribution in [3.63, 3.8) is 0 Å². The van der Waals surface area contributed by atoms with Crippen molar-refractivity contribution in [2.24, 2.45) is 0 Å². The minimum Gasteiger partial charge on any atom is -0.371 e. The van der Waals surface area contributed by atoms with Gasteiger partial charge in [-0.3, -0.25) is 0 Å². The summed E-state index contributed by atoms with van der Waals surface area (Å²) >= 11 is 0. The van der Waals surface area contributed by atoms with E-state index in [0.717, 1.165) is 18.0 Å². The normalized spacial score (nSPS) is 11.8. The van der Waals surface area contributed by atoms with Crippen LogP contribution >= 0.6 is 0 Å². The van der Waals surface area contributed by atoms with Gasteiger partial charge in [0.1, 0.15) is 0 Å². The van der Waals surface area contributed by atoms with Crippen LogP contribution in [0.4, 0.5) is 0 Å². The van der Waals surface area contributed by atoms with E-state index in [1.54, 1.807) is 0 Å². The Balaban J connectivity index is 4.15. The summed E-state index contributed by atoms with van der Waals surface area (Å²) in [5.41, 5.74) is 0. The summed E-state index contributed by atoms with van der Waals surface area (Å²) in [5.74, 6) is 0. The van der Waals surface area contributed by atoms with E-state index >= 15 is 0 Å². The van der Waals surface area contributed by atoms with Crippen LogP contribution in [0.3, 0.4) is 0 Å². The summed E-state index contributed by atoms with van der Waals surface area (Å²) in [6.07, 6.45) is 10.1. The Bertz CT molecular complexity index is 239. The highest BCUT2D eigenvalue weighted by Gasteiger charge is 2.43. The summed E-state index contributed by atoms with van der Waals surface area (Å²) in [4.78, 5) is 0. The van der Waals surface area contributed by atoms with E-state index in [2.05, 4.69) is 13.5 Å². The first-order valence-corrected chi connectivity index (χ1v) is 10.5. The Hall–Kier alpha value is -0.163. The fourth-order valence-electron chi connectivity index (χ4n) is 2.45. The van der Waals surface area contributed by atoms with Crippen LogP contribution in [0.2, 0.25) is 0 Å². The molecule has 0 fully saturated rings. The zero-order chi connectivity index (χ0) is 16.0. The number of hydrogen-bond donors (Lipinski definition) is 0. The lowest BCUT2D eigenvalue weighted by Crippen LogP contribution is -2.48. The molecule has 0 aliphatic carbocycles. The predicted molar refractivity (Wildman–Crippen MR) is 92.4 cm³/mol. The van der Waals surface area contributed by atoms with Crippen molar-refractivity contribution in [3.05, 3.63) is 11.8 Å². The summed E-state index contributed by atoms with van der Waals surface area (Å²) in [5, 5.41) is 1.04. The van der Waals surface area contributed by atoms with Crippen molar-refractivity contribution < 1.29 is 13.3 Å². The Labute approximate surface area is 133 Å². The van der Waals surface area contributed by atoms with E-state index in [1.807, 2.05) is 20.8 Å². The van der Waals surface area contributed by atoms with Crippen LogP contribution < -0.4 is 0 Å². The Morgan fingerprint density at radius 1 is 0.714 bits per heavy atom. The van der Waals surface area contributed by atoms with Gasteiger partial charge in [-0.05, 0) is 38.8 Å². The van der Waals surface area contributed by atoms with Gasteiger partial charge < -0.3 is 13.3 Å². The van der Waals surface area contributed by atoms with Crippen LogP contribution in [0.1, 0.15) is 79.1 Å². The van der Waals surface area contributed by atoms with Gasteiger partial charge >= 0.3 is 8.80 Å². The van der Waals surface area contributed by atoms with E-state index in [9.17, 15) is 0 Å². The van der Waals surface area contributed by atoms with Crippen molar-refractivity contribution >= 4 is 8.80 Å². The number of rotatable bonds is 15. The molecule has 3 nitrogen and oxygen atoms in total. The molecule has 0 aromatic rings. The third kappa shape index (κ3) is 8.76. The first kappa shape index (κ1) is 20.8. The predicted octanol–water partition coefficient (Wildman–Crippen LogP) is 5.27. The Morgan fingerprint density at radius 2 is 1.14 bits per heavy atom. The molecule has 0 radical (unpaired) electrons. The lowest BCUT2D eigenvalue weighted by atomic mass is 10.1. The van der Waals surface area contributed by atoms with Crippen molar-refractivity contribution in [3.8, 4) is 0 Å². The van der Waals surface area contributed by atoms with E-state index in [1.165, 1.54) is 38.5 Å². The maximum absolute atomic E-state index is 5.88. The maximum Gasteiger partial charge on any atom is 0.532 e. The van der Waals surface area contributed by atoms with Gasteiger partial charge in [-0.1, -0.05) is 52.0 Å². The highest BCUT2D eigenvalue weighted by atomic mass is 28.4. The van der Waals surface area contributed by atoms with Crippen molar-refractivity contribution in [2.45, 2.75) is 79.1 Å². The quantitative estimate of drug-likeness (QED) is 0.304. The second-order valence-corrected chi connectivity index (χ2v) is 8.02. The molecule has 0 unspecified atom stereocenters. The summed E-state index contributed by atoms with van der Waals surface area (Å²) in [6, 6.07) is 0. The van der Waals surface area contributed by atoms with Crippen LogP contribution in [0.5, 0.6) is 0 Å². The van der Waals surface area contributed by atoms with E-state index in [0.29, 0.717) is 19.8 Å². The molecule has 21 heavy (non-hydrogen) atoms. The lowest BCUT2D eigenvalue weighted by molar-refractivity contribution is 0.0798. The van der Waals surface area contributed by atoms with E-state index in [-0.39, 0.29) is 0 Å². The van der Waals surface area contributed by atoms with Gasteiger partial charge in [-0.2, -0.15) is 0 Å². The smallest absolute Gasteiger partial charge is 0.371 e. The number of hydrogen-bond acceptors (Lipinski definition) is 3. The minimum absolute atomic E-state index is 0.613. The molecule has 0 saturated heterocycles. The molecule has 0 bridgehead atoms. The maximum atomic E-state index is 5.88. The SMILES string of the molecule is C=C(CCCCCCCCC)[Si](OCC)(OCC)OCC. The second kappa shape index (κ2) is 13.5. The summed E-state index contributed by atoms with van der Waals surface area (Å²) in [6.45, 7) is 14.3. The molecule has 0 saturated carbocycles. The van der Waals surface area contributed by atoms with Gasteiger partial charge in [-0.15, -0.1) is 0 Å². The molecule has 0 N–H and O–H groups in total. The fourth-order valence-corrected chi connectivity index (χ4v) is 4.94. The second-order valence-electron chi connectivity index (χ2n) is 5.33. The molecule has 0 aromatic carbocycles. The van der Waals surface area contributed by atoms with Crippen molar-refractivity contribution in [1.29, 1.82) is 0 Å². The number of allylic oxidation sites excluding steroid dienone is 1. The molecule has 0 spiro atoms. The zero-order valence-electron chi connectivity index (χ0n) is 14.7. The van der Waals surface area contributed by atoms with Gasteiger partial charge in [-0.25, -0.2) is 0 Å². The highest BCUT2D eigenvalue weighted by Crippen LogP contribution is 2.24. The van der Waals surface area contributed by atoms with Gasteiger partial charge in [0.15, 0.2) is 0 Å². The monoisotopic (exact) mass is 316 g/mol. The van der Waals surface area contributed by atoms with E-state index in [4.69, 9.17) is 13.3 Å². The molecule has 0 aliphatic rings. The van der Waals surface area contributed by atoms with Gasteiger partial charge in [0.05, 0.1) is 0 Å². The van der Waals surface area contributed by atoms with Gasteiger partial charge in [0.25, 0.3) is 0 Å². The van der Waals surface area contributed by atoms with Crippen molar-refractivity contribution in [1.82, 2.24) is 0 Å². The van der Waals surface area contributed by atoms with Crippen LogP contribution in [-0.2, 0) is 13.3 Å². The Kier molecular flexibility index (Phi) is 13.4. The van der Waals surface area contributed by atoms with Crippen LogP contribution in [0.25, 0.3) is 0 Å². The lowest BCUT2D eigenvalue weighted by Gasteiger charge is -2.30. The molecular formula is C17H36O3Si. The van der Waals surface area contributed by atoms with Gasteiger partial charge in [0.2, 0.25) is 0 Å². The fraction of sp³-hybridized carbons (Fsp3) is 0.882. The molecule has 4 heteroatoms. The van der Waals surface area contributed by atoms with Crippen LogP contribution in [0.15, 0.2) is 11.8 Å². The molecule has 126 valence electrons. The third-order valence-electron chi connectivity index (χ3n) is 3.52. The van der Waals surface area contributed by atoms with Gasteiger partial charge in [0, 0.05) is 19.8 Å². The van der Waals surface area contributed by atoms with Crippen molar-refractivity contribution in [2.75, 3.05) is 19.8 Å². The first-order valence-electron chi connectivity index (χ1n) is 8.76. The third-order valence-corrected chi connectivity index (χ3v) is 6.64. The Morgan fingerprint density at radius 3 is 1.57 bits per heavy atom. The summed E-state index contributed by atoms with van der Waals surface area (Å²) < 4.78 is 17.6. The molecule has 0 aromatic heterocycles. The van der Waals surface area contributed by atoms with Crippen LogP contribution in [-0.4, -0.2) is 28.6 Å². The molecular weight excluding hydrogens is 280 g/mol. The van der Waals surface area contributed by atoms with E-state index < -0.39 is 8.80 Å². The number of unbranched alkanes of at least 4 members (excludes halogenated alkanes) is 6. The highest BCUT2D eigenvalue weighted by molar-refractivity contribution is 6.68. The average Bonchev–Trinajstić information content (AvgIpc) is 2.46. The summed E-state index contributed by atoms with van der Waals surface area (Å²) in [7, 11) is -2.67. The van der Waals surface area contributed by atoms with Crippen LogP contribution in [0, 0.1) is 0 Å². The standard InChI is InChI=1S/C17H36O3Si/c1-6-10-11-12-13-14-15-16-17(5)21(18-7-2,19-8-3)20-9-4/h5-16H2,1-4H3. The first-order chi connectivity index (χ1) is 10.2.